The summed E-state index contributed by atoms with van der Waals surface area (Å²) < 4.78 is 5.95. The smallest absolute Gasteiger partial charge is 0.225 e. The van der Waals surface area contributed by atoms with Crippen LogP contribution in [0.1, 0.15) is 31.2 Å². The first-order valence-corrected chi connectivity index (χ1v) is 9.97. The Bertz CT molecular complexity index is 711. The van der Waals surface area contributed by atoms with Crippen molar-refractivity contribution in [3.05, 3.63) is 47.2 Å². The highest BCUT2D eigenvalue weighted by atomic mass is 35.5. The Morgan fingerprint density at radius 1 is 1.08 bits per heavy atom. The fourth-order valence-corrected chi connectivity index (χ4v) is 4.00. The maximum atomic E-state index is 5.95. The van der Waals surface area contributed by atoms with Gasteiger partial charge in [-0.3, -0.25) is 0 Å². The zero-order valence-corrected chi connectivity index (χ0v) is 16.0. The minimum Gasteiger partial charge on any atom is -0.493 e. The average molecular weight is 372 g/mol. The van der Waals surface area contributed by atoms with E-state index in [1.165, 1.54) is 31.2 Å². The van der Waals surface area contributed by atoms with Gasteiger partial charge >= 0.3 is 0 Å². The van der Waals surface area contributed by atoms with Crippen LogP contribution in [0.2, 0.25) is 5.02 Å². The van der Waals surface area contributed by atoms with Crippen molar-refractivity contribution in [1.82, 2.24) is 9.97 Å². The van der Waals surface area contributed by atoms with Gasteiger partial charge in [-0.05, 0) is 62.5 Å². The van der Waals surface area contributed by atoms with Crippen molar-refractivity contribution in [3.63, 3.8) is 0 Å². The molecule has 0 unspecified atom stereocenters. The minimum atomic E-state index is 0.594. The van der Waals surface area contributed by atoms with Crippen molar-refractivity contribution >= 4 is 17.5 Å². The van der Waals surface area contributed by atoms with Crippen molar-refractivity contribution in [2.24, 2.45) is 17.8 Å². The first-order chi connectivity index (χ1) is 12.7. The second-order valence-electron chi connectivity index (χ2n) is 7.75. The highest BCUT2D eigenvalue weighted by Gasteiger charge is 2.39. The number of aromatic nitrogens is 2. The molecular formula is C21H26ClN3O. The predicted octanol–water partition coefficient (Wildman–Crippen LogP) is 4.76. The van der Waals surface area contributed by atoms with E-state index in [1.807, 2.05) is 0 Å². The summed E-state index contributed by atoms with van der Waals surface area (Å²) in [6, 6.07) is 8.36. The molecule has 26 heavy (non-hydrogen) atoms. The van der Waals surface area contributed by atoms with E-state index >= 15 is 0 Å². The summed E-state index contributed by atoms with van der Waals surface area (Å²) in [5.74, 6) is 4.23. The van der Waals surface area contributed by atoms with Crippen LogP contribution in [0.25, 0.3) is 0 Å². The zero-order valence-electron chi connectivity index (χ0n) is 15.3. The molecular weight excluding hydrogens is 346 g/mol. The van der Waals surface area contributed by atoms with E-state index in [1.54, 1.807) is 12.4 Å². The number of hydrogen-bond acceptors (Lipinski definition) is 4. The van der Waals surface area contributed by atoms with Crippen molar-refractivity contribution in [2.75, 3.05) is 24.6 Å². The standard InChI is InChI=1S/C21H26ClN3O/c1-15-2-4-20(5-3-15)26-14-18-11-17(18)10-16-6-8-25(9-7-16)21-23-12-19(22)13-24-21/h2-5,12-13,16-18H,6-11,14H2,1H3/t17-,18-/m1/s1. The molecule has 2 aromatic rings. The molecule has 0 N–H and O–H groups in total. The van der Waals surface area contributed by atoms with Gasteiger partial charge in [-0.1, -0.05) is 29.3 Å². The summed E-state index contributed by atoms with van der Waals surface area (Å²) in [6.07, 6.45) is 8.49. The van der Waals surface area contributed by atoms with E-state index in [2.05, 4.69) is 46.1 Å². The van der Waals surface area contributed by atoms with Crippen LogP contribution in [-0.2, 0) is 0 Å². The number of ether oxygens (including phenoxy) is 1. The van der Waals surface area contributed by atoms with E-state index in [0.717, 1.165) is 49.1 Å². The van der Waals surface area contributed by atoms with Crippen LogP contribution < -0.4 is 9.64 Å². The Kier molecular flexibility index (Phi) is 5.30. The molecule has 0 bridgehead atoms. The number of nitrogens with zero attached hydrogens (tertiary/aromatic N) is 3. The van der Waals surface area contributed by atoms with Crippen molar-refractivity contribution in [2.45, 2.75) is 32.6 Å². The van der Waals surface area contributed by atoms with Crippen LogP contribution in [-0.4, -0.2) is 29.7 Å². The number of benzene rings is 1. The molecule has 1 aromatic heterocycles. The molecule has 4 nitrogen and oxygen atoms in total. The normalized spacial score (nSPS) is 23.1. The molecule has 0 amide bonds. The Balaban J connectivity index is 1.17. The summed E-state index contributed by atoms with van der Waals surface area (Å²) in [4.78, 5) is 10.9. The fraction of sp³-hybridized carbons (Fsp3) is 0.524. The number of hydrogen-bond donors (Lipinski definition) is 0. The van der Waals surface area contributed by atoms with Crippen LogP contribution >= 0.6 is 11.6 Å². The lowest BCUT2D eigenvalue weighted by Gasteiger charge is -2.32. The van der Waals surface area contributed by atoms with E-state index in [4.69, 9.17) is 16.3 Å². The first-order valence-electron chi connectivity index (χ1n) is 9.59. The van der Waals surface area contributed by atoms with Gasteiger partial charge in [0.1, 0.15) is 5.75 Å². The minimum absolute atomic E-state index is 0.594. The van der Waals surface area contributed by atoms with E-state index in [9.17, 15) is 0 Å². The molecule has 0 radical (unpaired) electrons. The van der Waals surface area contributed by atoms with E-state index in [-0.39, 0.29) is 0 Å². The number of halogens is 1. The van der Waals surface area contributed by atoms with Gasteiger partial charge in [0.2, 0.25) is 5.95 Å². The van der Waals surface area contributed by atoms with Crippen LogP contribution in [0, 0.1) is 24.7 Å². The molecule has 138 valence electrons. The molecule has 2 fully saturated rings. The van der Waals surface area contributed by atoms with Gasteiger partial charge in [-0.25, -0.2) is 9.97 Å². The van der Waals surface area contributed by atoms with Crippen molar-refractivity contribution in [3.8, 4) is 5.75 Å². The number of anilines is 1. The molecule has 4 rings (SSSR count). The third-order valence-corrected chi connectivity index (χ3v) is 5.89. The van der Waals surface area contributed by atoms with Gasteiger partial charge in [-0.2, -0.15) is 0 Å². The maximum Gasteiger partial charge on any atom is 0.225 e. The lowest BCUT2D eigenvalue weighted by Crippen LogP contribution is -2.35. The highest BCUT2D eigenvalue weighted by Crippen LogP contribution is 2.45. The number of piperidine rings is 1. The molecule has 1 saturated heterocycles. The predicted molar refractivity (Wildman–Crippen MR) is 105 cm³/mol. The highest BCUT2D eigenvalue weighted by molar-refractivity contribution is 6.30. The van der Waals surface area contributed by atoms with Gasteiger partial charge in [0.25, 0.3) is 0 Å². The zero-order chi connectivity index (χ0) is 17.9. The Morgan fingerprint density at radius 2 is 1.77 bits per heavy atom. The third-order valence-electron chi connectivity index (χ3n) is 5.69. The monoisotopic (exact) mass is 371 g/mol. The Morgan fingerprint density at radius 3 is 2.46 bits per heavy atom. The quantitative estimate of drug-likeness (QED) is 0.733. The number of aryl methyl sites for hydroxylation is 1. The topological polar surface area (TPSA) is 38.2 Å². The summed E-state index contributed by atoms with van der Waals surface area (Å²) in [6.45, 7) is 5.06. The molecule has 2 heterocycles. The van der Waals surface area contributed by atoms with Crippen LogP contribution in [0.15, 0.2) is 36.7 Å². The first kappa shape index (κ1) is 17.6. The average Bonchev–Trinajstić information content (AvgIpc) is 3.40. The van der Waals surface area contributed by atoms with Crippen LogP contribution in [0.4, 0.5) is 5.95 Å². The second kappa shape index (κ2) is 7.83. The Labute approximate surface area is 160 Å². The van der Waals surface area contributed by atoms with Crippen LogP contribution in [0.5, 0.6) is 5.75 Å². The van der Waals surface area contributed by atoms with Gasteiger partial charge in [0.05, 0.1) is 24.0 Å². The van der Waals surface area contributed by atoms with Gasteiger partial charge in [-0.15, -0.1) is 0 Å². The van der Waals surface area contributed by atoms with E-state index in [0.29, 0.717) is 5.02 Å². The molecule has 1 aromatic carbocycles. The summed E-state index contributed by atoms with van der Waals surface area (Å²) in [7, 11) is 0. The SMILES string of the molecule is Cc1ccc(OC[C@H]2C[C@H]2CC2CCN(c3ncc(Cl)cn3)CC2)cc1. The molecule has 1 aliphatic heterocycles. The second-order valence-corrected chi connectivity index (χ2v) is 8.18. The molecule has 2 aliphatic rings. The van der Waals surface area contributed by atoms with Gasteiger partial charge in [0.15, 0.2) is 0 Å². The fourth-order valence-electron chi connectivity index (χ4n) is 3.91. The summed E-state index contributed by atoms with van der Waals surface area (Å²) in [5.41, 5.74) is 1.27. The molecule has 2 atom stereocenters. The maximum absolute atomic E-state index is 5.95. The van der Waals surface area contributed by atoms with Gasteiger partial charge in [0, 0.05) is 13.1 Å². The van der Waals surface area contributed by atoms with Crippen molar-refractivity contribution < 1.29 is 4.74 Å². The molecule has 0 spiro atoms. The summed E-state index contributed by atoms with van der Waals surface area (Å²) in [5, 5.41) is 0.594. The lowest BCUT2D eigenvalue weighted by molar-refractivity contribution is 0.279. The molecule has 5 heteroatoms. The third kappa shape index (κ3) is 4.47. The van der Waals surface area contributed by atoms with Crippen molar-refractivity contribution in [1.29, 1.82) is 0 Å². The largest absolute Gasteiger partial charge is 0.493 e. The van der Waals surface area contributed by atoms with Crippen LogP contribution in [0.3, 0.4) is 0 Å². The summed E-state index contributed by atoms with van der Waals surface area (Å²) >= 11 is 5.87. The number of rotatable bonds is 6. The van der Waals surface area contributed by atoms with Gasteiger partial charge < -0.3 is 9.64 Å². The lowest BCUT2D eigenvalue weighted by atomic mass is 9.91. The Hall–Kier alpha value is -1.81. The molecule has 1 aliphatic carbocycles. The van der Waals surface area contributed by atoms with E-state index < -0.39 is 0 Å². The molecule has 1 saturated carbocycles.